The van der Waals surface area contributed by atoms with Crippen LogP contribution in [-0.4, -0.2) is 36.2 Å². The van der Waals surface area contributed by atoms with Gasteiger partial charge in [-0.2, -0.15) is 0 Å². The first-order valence-corrected chi connectivity index (χ1v) is 12.4. The third kappa shape index (κ3) is 6.17. The fourth-order valence-corrected chi connectivity index (χ4v) is 3.84. The Morgan fingerprint density at radius 1 is 0.778 bits per heavy atom. The van der Waals surface area contributed by atoms with Gasteiger partial charge in [0.1, 0.15) is 4.32 Å². The molecule has 5 N–H and O–H groups in total. The molecule has 8 nitrogen and oxygen atoms in total. The Morgan fingerprint density at radius 3 is 1.39 bits per heavy atom. The molecule has 2 aliphatic heterocycles. The van der Waals surface area contributed by atoms with Gasteiger partial charge in [0.25, 0.3) is 0 Å². The number of aromatic nitrogens is 4. The molecule has 5 heterocycles. The summed E-state index contributed by atoms with van der Waals surface area (Å²) < 4.78 is -0.665. The smallest absolute Gasteiger partial charge is 0.318 e. The highest BCUT2D eigenvalue weighted by Crippen LogP contribution is 2.26. The minimum atomic E-state index is -0.814. The number of amides is 3. The summed E-state index contributed by atoms with van der Waals surface area (Å²) in [7, 11) is 0. The van der Waals surface area contributed by atoms with E-state index >= 15 is 0 Å². The molecule has 0 unspecified atom stereocenters. The van der Waals surface area contributed by atoms with E-state index in [0.717, 1.165) is 44.8 Å². The van der Waals surface area contributed by atoms with Gasteiger partial charge in [-0.15, -0.1) is 0 Å². The van der Waals surface area contributed by atoms with Crippen molar-refractivity contribution in [3.05, 3.63) is 71.3 Å². The van der Waals surface area contributed by atoms with Gasteiger partial charge < -0.3 is 15.7 Å². The number of imide groups is 1. The van der Waals surface area contributed by atoms with Crippen molar-refractivity contribution in [3.8, 4) is 0 Å². The van der Waals surface area contributed by atoms with E-state index in [-0.39, 0.29) is 5.91 Å². The molecule has 0 saturated heterocycles. The number of halogens is 1. The molecule has 0 saturated carbocycles. The molecular weight excluding hydrogens is 520 g/mol. The number of hydrogen-bond acceptors (Lipinski definition) is 4. The maximum atomic E-state index is 11.3. The molecule has 3 amide bonds. The maximum Gasteiger partial charge on any atom is 0.318 e. The van der Waals surface area contributed by atoms with Crippen LogP contribution in [0.25, 0.3) is 46.4 Å². The van der Waals surface area contributed by atoms with Crippen LogP contribution in [0.3, 0.4) is 0 Å². The summed E-state index contributed by atoms with van der Waals surface area (Å²) in [5.41, 5.74) is 12.7. The Kier molecular flexibility index (Phi) is 7.49. The van der Waals surface area contributed by atoms with Crippen LogP contribution in [0.5, 0.6) is 0 Å². The van der Waals surface area contributed by atoms with E-state index < -0.39 is 10.4 Å². The van der Waals surface area contributed by atoms with E-state index in [1.807, 2.05) is 67.7 Å². The van der Waals surface area contributed by atoms with Crippen molar-refractivity contribution in [2.45, 2.75) is 31.0 Å². The number of alkyl halides is 1. The van der Waals surface area contributed by atoms with Crippen LogP contribution in [0.4, 0.5) is 4.79 Å². The number of urea groups is 1. The molecule has 0 aliphatic carbocycles. The Morgan fingerprint density at radius 2 is 1.11 bits per heavy atom. The zero-order valence-corrected chi connectivity index (χ0v) is 21.6. The van der Waals surface area contributed by atoms with Crippen molar-refractivity contribution in [1.82, 2.24) is 25.3 Å². The zero-order valence-electron chi connectivity index (χ0n) is 20.0. The summed E-state index contributed by atoms with van der Waals surface area (Å²) in [6.07, 6.45) is 9.32. The average molecular weight is 547 g/mol. The Bertz CT molecular complexity index is 1340. The summed E-state index contributed by atoms with van der Waals surface area (Å²) in [5, 5.41) is 2.04. The minimum Gasteiger partial charge on any atom is -0.355 e. The number of carbonyl (C=O) groups excluding carboxylic acids is 2. The molecule has 36 heavy (non-hydrogen) atoms. The van der Waals surface area contributed by atoms with Crippen LogP contribution in [0.15, 0.2) is 48.5 Å². The molecule has 0 fully saturated rings. The fourth-order valence-electron chi connectivity index (χ4n) is 3.74. The van der Waals surface area contributed by atoms with Crippen LogP contribution >= 0.6 is 15.9 Å². The van der Waals surface area contributed by atoms with Gasteiger partial charge in [0.15, 0.2) is 0 Å². The Labute approximate surface area is 216 Å². The summed E-state index contributed by atoms with van der Waals surface area (Å²) in [5.74, 6) is -0.375. The van der Waals surface area contributed by atoms with Crippen LogP contribution in [0.1, 0.15) is 49.5 Å². The molecule has 0 spiro atoms. The number of hydrogen-bond donors (Lipinski definition) is 4. The number of primary amides is 1. The second kappa shape index (κ2) is 10.7. The van der Waals surface area contributed by atoms with Crippen molar-refractivity contribution in [1.29, 1.82) is 0 Å². The summed E-state index contributed by atoms with van der Waals surface area (Å²) in [6.45, 7) is 3.72. The van der Waals surface area contributed by atoms with Crippen LogP contribution < -0.4 is 11.1 Å². The largest absolute Gasteiger partial charge is 0.355 e. The molecule has 5 rings (SSSR count). The highest BCUT2D eigenvalue weighted by Gasteiger charge is 2.32. The minimum absolute atomic E-state index is 0.375. The third-order valence-electron chi connectivity index (χ3n) is 5.81. The van der Waals surface area contributed by atoms with Crippen molar-refractivity contribution in [2.75, 3.05) is 0 Å². The van der Waals surface area contributed by atoms with Gasteiger partial charge in [0.05, 0.1) is 22.8 Å². The molecule has 8 bridgehead atoms. The van der Waals surface area contributed by atoms with Crippen molar-refractivity contribution >= 4 is 74.2 Å². The third-order valence-corrected chi connectivity index (χ3v) is 7.29. The predicted molar refractivity (Wildman–Crippen MR) is 149 cm³/mol. The number of nitrogens with two attached hydrogens (primary N) is 1. The number of nitrogens with one attached hydrogen (secondary N) is 3. The lowest BCUT2D eigenvalue weighted by Crippen LogP contribution is -2.46. The molecule has 3 aromatic heterocycles. The van der Waals surface area contributed by atoms with Gasteiger partial charge in [-0.3, -0.25) is 10.1 Å². The van der Waals surface area contributed by atoms with Gasteiger partial charge in [-0.05, 0) is 85.7 Å². The van der Waals surface area contributed by atoms with E-state index in [1.54, 1.807) is 0 Å². The van der Waals surface area contributed by atoms with Crippen molar-refractivity contribution < 1.29 is 9.59 Å². The summed E-state index contributed by atoms with van der Waals surface area (Å²) in [6, 6.07) is 15.5. The first-order chi connectivity index (χ1) is 17.3. The van der Waals surface area contributed by atoms with Crippen molar-refractivity contribution in [3.63, 3.8) is 0 Å². The monoisotopic (exact) mass is 546 g/mol. The Balaban J connectivity index is 0.000000218. The predicted octanol–water partition coefficient (Wildman–Crippen LogP) is 5.79. The van der Waals surface area contributed by atoms with E-state index in [0.29, 0.717) is 12.8 Å². The first kappa shape index (κ1) is 25.1. The topological polar surface area (TPSA) is 130 Å². The van der Waals surface area contributed by atoms with E-state index in [1.165, 1.54) is 0 Å². The quantitative estimate of drug-likeness (QED) is 0.213. The lowest BCUT2D eigenvalue weighted by molar-refractivity contribution is -0.122. The molecule has 2 aliphatic rings. The number of rotatable bonds is 3. The number of fused-ring (bicyclic) bond motifs is 8. The van der Waals surface area contributed by atoms with Gasteiger partial charge in [0.2, 0.25) is 5.91 Å². The zero-order chi connectivity index (χ0) is 25.7. The molecule has 0 aromatic carbocycles. The molecular formula is C27H27BrN6O2. The van der Waals surface area contributed by atoms with Crippen molar-refractivity contribution in [2.24, 2.45) is 5.73 Å². The van der Waals surface area contributed by atoms with Gasteiger partial charge in [-0.1, -0.05) is 29.8 Å². The normalized spacial score (nSPS) is 12.1. The standard InChI is InChI=1S/C20H14N4.C7H13BrN2O2/c1-2-14-10-16-5-6-18(23-16)12-20-8-7-19(24-20)11-17-4-3-15(22-17)9-13(1)21-14;1-3-7(8,4-2)5(11)10-6(9)12/h1-12,21,24H;3-4H2,1-2H3,(H3,9,10,11,12). The molecule has 3 aromatic rings. The number of carbonyl (C=O) groups is 2. The first-order valence-electron chi connectivity index (χ1n) is 11.6. The number of H-pyrrole nitrogens is 2. The summed E-state index contributed by atoms with van der Waals surface area (Å²) >= 11 is 3.26. The van der Waals surface area contributed by atoms with E-state index in [2.05, 4.69) is 60.1 Å². The lowest BCUT2D eigenvalue weighted by atomic mass is 10.0. The number of aromatic amines is 2. The van der Waals surface area contributed by atoms with Gasteiger partial charge >= 0.3 is 6.03 Å². The highest BCUT2D eigenvalue weighted by atomic mass is 79.9. The molecule has 0 radical (unpaired) electrons. The van der Waals surface area contributed by atoms with E-state index in [4.69, 9.17) is 5.73 Å². The van der Waals surface area contributed by atoms with Crippen LogP contribution in [0.2, 0.25) is 0 Å². The van der Waals surface area contributed by atoms with Crippen LogP contribution in [0, 0.1) is 0 Å². The van der Waals surface area contributed by atoms with Gasteiger partial charge in [0, 0.05) is 22.1 Å². The van der Waals surface area contributed by atoms with E-state index in [9.17, 15) is 9.59 Å². The molecule has 184 valence electrons. The Hall–Kier alpha value is -3.98. The van der Waals surface area contributed by atoms with Gasteiger partial charge in [-0.25, -0.2) is 14.8 Å². The second-order valence-corrected chi connectivity index (χ2v) is 9.91. The lowest BCUT2D eigenvalue weighted by Gasteiger charge is -2.21. The number of nitrogens with zero attached hydrogens (tertiary/aromatic N) is 2. The maximum absolute atomic E-state index is 11.3. The summed E-state index contributed by atoms with van der Waals surface area (Å²) in [4.78, 5) is 37.7. The molecule has 0 atom stereocenters. The van der Waals surface area contributed by atoms with Crippen LogP contribution in [-0.2, 0) is 4.79 Å². The highest BCUT2D eigenvalue weighted by molar-refractivity contribution is 9.10. The SMILES string of the molecule is C1=Cc2cc3ccc(cc4nc(cc5ccc(cc1n2)[nH]5)C=C4)[nH]3.CCC(Br)(CC)C(=O)NC(N)=O. The molecule has 9 heteroatoms. The average Bonchev–Trinajstić information content (AvgIpc) is 3.64. The fraction of sp³-hybridized carbons (Fsp3) is 0.185. The second-order valence-electron chi connectivity index (χ2n) is 8.40.